The van der Waals surface area contributed by atoms with Crippen LogP contribution in [0.5, 0.6) is 0 Å². The van der Waals surface area contributed by atoms with Gasteiger partial charge in [0, 0.05) is 27.6 Å². The van der Waals surface area contributed by atoms with Gasteiger partial charge in [-0.2, -0.15) is 0 Å². The van der Waals surface area contributed by atoms with E-state index in [2.05, 4.69) is 0 Å². The van der Waals surface area contributed by atoms with Crippen molar-refractivity contribution in [2.24, 2.45) is 0 Å². The van der Waals surface area contributed by atoms with Gasteiger partial charge >= 0.3 is 0 Å². The zero-order valence-electron chi connectivity index (χ0n) is 55.0. The summed E-state index contributed by atoms with van der Waals surface area (Å²) in [6.45, 7) is 0. The van der Waals surface area contributed by atoms with Gasteiger partial charge in [-0.15, -0.1) is 0 Å². The zero-order valence-corrected chi connectivity index (χ0v) is 24.0. The fourth-order valence-electron chi connectivity index (χ4n) is 5.23. The lowest BCUT2D eigenvalue weighted by molar-refractivity contribution is 0.674. The molecule has 9 rings (SSSR count). The lowest BCUT2D eigenvalue weighted by Crippen LogP contribution is -2.03. The molecular formula is C47H32O. The highest BCUT2D eigenvalue weighted by molar-refractivity contribution is 6.20. The minimum Gasteiger partial charge on any atom is -0.455 e. The molecule has 0 aliphatic carbocycles. The molecule has 9 aromatic rings. The molecule has 1 atom stereocenters. The first kappa shape index (κ1) is 10.7. The second kappa shape index (κ2) is 11.9. The van der Waals surface area contributed by atoms with Gasteiger partial charge in [0.1, 0.15) is 11.2 Å². The van der Waals surface area contributed by atoms with E-state index < -0.39 is 276 Å². The van der Waals surface area contributed by atoms with Crippen LogP contribution in [-0.4, -0.2) is 0 Å². The summed E-state index contributed by atoms with van der Waals surface area (Å²) < 4.78 is 281. The average Bonchev–Trinajstić information content (AvgIpc) is 3.99. The minimum absolute atomic E-state index is 0.586. The van der Waals surface area contributed by atoms with E-state index in [9.17, 15) is 11.0 Å². The molecule has 0 saturated heterocycles. The van der Waals surface area contributed by atoms with Crippen molar-refractivity contribution in [3.05, 3.63) is 204 Å². The van der Waals surface area contributed by atoms with Gasteiger partial charge in [-0.25, -0.2) is 0 Å². The third-order valence-corrected chi connectivity index (χ3v) is 7.35. The van der Waals surface area contributed by atoms with Crippen molar-refractivity contribution in [2.45, 2.75) is 5.92 Å². The lowest BCUT2D eigenvalue weighted by Gasteiger charge is -2.20. The van der Waals surface area contributed by atoms with Gasteiger partial charge in [-0.1, -0.05) is 181 Å². The van der Waals surface area contributed by atoms with Gasteiger partial charge < -0.3 is 4.42 Å². The SMILES string of the molecule is [2H]c1c([2H])c([2H])c(-c2c([2H])c([2H])c(C(c3c([2H])c([2H])c([2H])c([2H])c3[2H])c3c([2H])c([2H])c(-c4c([2H])c([2H])c([2H])c5c4oc4c6c([2H])c([2H])c([2H])c([2H])c6c(-c6c([2H])c([2H])c([2H])c([2H])c6[2H])c([2H])c45)c([2H])c3[2H])c([2H])c2[2H])c([2H])c1[2H]. The molecule has 0 saturated carbocycles. The number of rotatable bonds is 6. The number of furan rings is 1. The first-order chi connectivity index (χ1) is 36.7. The van der Waals surface area contributed by atoms with Crippen LogP contribution in [0.2, 0.25) is 0 Å². The summed E-state index contributed by atoms with van der Waals surface area (Å²) in [6, 6.07) is -30.9. The highest BCUT2D eigenvalue weighted by Crippen LogP contribution is 2.43. The van der Waals surface area contributed by atoms with Crippen LogP contribution in [0, 0.1) is 0 Å². The molecule has 1 nitrogen and oxygen atoms in total. The predicted octanol–water partition coefficient (Wildman–Crippen LogP) is 12.9. The van der Waals surface area contributed by atoms with Crippen LogP contribution < -0.4 is 0 Å². The maximum atomic E-state index is 9.63. The predicted molar refractivity (Wildman–Crippen MR) is 201 cm³/mol. The molecule has 8 aromatic carbocycles. The molecule has 1 aromatic heterocycles. The van der Waals surface area contributed by atoms with Crippen molar-refractivity contribution in [3.63, 3.8) is 0 Å². The fourth-order valence-corrected chi connectivity index (χ4v) is 5.23. The van der Waals surface area contributed by atoms with Crippen LogP contribution in [0.15, 0.2) is 192 Å². The first-order valence-corrected chi connectivity index (χ1v) is 14.0. The third kappa shape index (κ3) is 4.89. The molecule has 1 unspecified atom stereocenters. The molecule has 0 spiro atoms. The number of hydrogen-bond donors (Lipinski definition) is 0. The van der Waals surface area contributed by atoms with Crippen molar-refractivity contribution in [1.82, 2.24) is 0 Å². The molecular weight excluding hydrogens is 581 g/mol. The van der Waals surface area contributed by atoms with Crippen molar-refractivity contribution < 1.29 is 46.9 Å². The molecule has 0 radical (unpaired) electrons. The molecule has 0 aliphatic heterocycles. The molecule has 0 fully saturated rings. The largest absolute Gasteiger partial charge is 0.455 e. The maximum absolute atomic E-state index is 9.63. The first-order valence-electron chi connectivity index (χ1n) is 29.5. The van der Waals surface area contributed by atoms with E-state index in [-0.39, 0.29) is 0 Å². The Morgan fingerprint density at radius 1 is 0.333 bits per heavy atom. The monoisotopic (exact) mass is 643 g/mol. The smallest absolute Gasteiger partial charge is 0.143 e. The number of fused-ring (bicyclic) bond motifs is 5. The van der Waals surface area contributed by atoms with Gasteiger partial charge in [0.25, 0.3) is 0 Å². The maximum Gasteiger partial charge on any atom is 0.143 e. The van der Waals surface area contributed by atoms with Crippen LogP contribution in [0.1, 0.15) is 65.1 Å². The van der Waals surface area contributed by atoms with Gasteiger partial charge in [0.05, 0.1) is 42.5 Å². The second-order valence-electron chi connectivity index (χ2n) is 10.1. The molecule has 48 heavy (non-hydrogen) atoms. The summed E-state index contributed by atoms with van der Waals surface area (Å²) >= 11 is 0. The Morgan fingerprint density at radius 2 is 0.792 bits per heavy atom. The number of benzene rings is 8. The van der Waals surface area contributed by atoms with E-state index in [0.29, 0.717) is 0 Å². The van der Waals surface area contributed by atoms with E-state index >= 15 is 0 Å². The van der Waals surface area contributed by atoms with Gasteiger partial charge in [0.2, 0.25) is 0 Å². The summed E-state index contributed by atoms with van der Waals surface area (Å²) in [5.74, 6) is -2.39. The Hall–Kier alpha value is -6.18. The van der Waals surface area contributed by atoms with Gasteiger partial charge in [0.15, 0.2) is 0 Å². The number of hydrogen-bond acceptors (Lipinski definition) is 1. The molecule has 226 valence electrons. The zero-order chi connectivity index (χ0) is 58.8. The molecule has 0 aliphatic rings. The molecule has 0 N–H and O–H groups in total. The highest BCUT2D eigenvalue weighted by atomic mass is 16.3. The Labute approximate surface area is 323 Å². The number of para-hydroxylation sites is 1. The van der Waals surface area contributed by atoms with E-state index in [1.807, 2.05) is 0 Å². The molecule has 0 bridgehead atoms. The molecule has 0 amide bonds. The Balaban J connectivity index is 1.45. The minimum atomic E-state index is -2.39. The van der Waals surface area contributed by atoms with Crippen LogP contribution in [-0.2, 0) is 0 Å². The Bertz CT molecular complexity index is 4190. The van der Waals surface area contributed by atoms with Crippen LogP contribution in [0.4, 0.5) is 0 Å². The van der Waals surface area contributed by atoms with Crippen molar-refractivity contribution >= 4 is 32.7 Å². The van der Waals surface area contributed by atoms with Gasteiger partial charge in [-0.3, -0.25) is 0 Å². The van der Waals surface area contributed by atoms with E-state index in [1.165, 1.54) is 0 Å². The summed E-state index contributed by atoms with van der Waals surface area (Å²) in [7, 11) is 0. The standard InChI is InChI=1S/C47H32O/c1-4-13-32(14-5-1)33-23-27-37(28-24-33)45(36-17-8-3-9-18-36)38-29-25-35(26-30-38)39-21-12-22-42-44-31-43(34-15-6-2-7-16-34)40-19-10-11-20-41(40)47(44)48-46(39)42/h1-31,45H/i1D,2D,3D,4D,5D,6D,7D,8D,9D,10D,11D,12D,13D,14D,15D,16D,17D,18D,19D,20D,21D,22D,23D,24D,25D,26D,27D,28D,29D,30D,31D. The summed E-state index contributed by atoms with van der Waals surface area (Å²) in [4.78, 5) is 0. The average molecular weight is 644 g/mol. The van der Waals surface area contributed by atoms with Crippen LogP contribution in [0.3, 0.4) is 0 Å². The molecule has 1 heteroatoms. The summed E-state index contributed by atoms with van der Waals surface area (Å²) in [5, 5.41) is -2.40. The molecule has 1 heterocycles. The normalized spacial score (nSPS) is 21.1. The lowest BCUT2D eigenvalue weighted by atomic mass is 9.84. The summed E-state index contributed by atoms with van der Waals surface area (Å²) in [5.41, 5.74) is -8.98. The highest BCUT2D eigenvalue weighted by Gasteiger charge is 2.19. The quantitative estimate of drug-likeness (QED) is 0.164. The van der Waals surface area contributed by atoms with E-state index in [0.717, 1.165) is 0 Å². The third-order valence-electron chi connectivity index (χ3n) is 7.35. The van der Waals surface area contributed by atoms with Gasteiger partial charge in [-0.05, 0) is 55.9 Å². The Kier molecular flexibility index (Phi) is 2.64. The van der Waals surface area contributed by atoms with Crippen molar-refractivity contribution in [3.8, 4) is 33.4 Å². The second-order valence-corrected chi connectivity index (χ2v) is 10.1. The topological polar surface area (TPSA) is 13.1 Å². The van der Waals surface area contributed by atoms with Crippen LogP contribution in [0.25, 0.3) is 66.1 Å². The summed E-state index contributed by atoms with van der Waals surface area (Å²) in [6.07, 6.45) is 0. The fraction of sp³-hybridized carbons (Fsp3) is 0.0213. The van der Waals surface area contributed by atoms with Crippen LogP contribution >= 0.6 is 0 Å². The van der Waals surface area contributed by atoms with E-state index in [1.54, 1.807) is 0 Å². The van der Waals surface area contributed by atoms with Crippen molar-refractivity contribution in [2.75, 3.05) is 0 Å². The van der Waals surface area contributed by atoms with E-state index in [4.69, 9.17) is 35.9 Å². The Morgan fingerprint density at radius 3 is 1.46 bits per heavy atom. The van der Waals surface area contributed by atoms with Crippen molar-refractivity contribution in [1.29, 1.82) is 0 Å².